The number of benzene rings is 1. The summed E-state index contributed by atoms with van der Waals surface area (Å²) < 4.78 is 5.10. The SMILES string of the molecule is COc1ccc([C@H]2C[C@@]3(O)C[C@](C#N)(C(=O)N3)C2(C#N)C#N)cc1. The lowest BCUT2D eigenvalue weighted by atomic mass is 9.51. The molecule has 2 N–H and O–H groups in total. The first-order valence-corrected chi connectivity index (χ1v) is 7.33. The lowest BCUT2D eigenvalue weighted by Gasteiger charge is -2.43. The number of carbonyl (C=O) groups excluding carboxylic acids is 1. The highest BCUT2D eigenvalue weighted by Gasteiger charge is 2.73. The number of nitrogens with zero attached hydrogens (tertiary/aromatic N) is 3. The summed E-state index contributed by atoms with van der Waals surface area (Å²) >= 11 is 0. The van der Waals surface area contributed by atoms with E-state index in [0.717, 1.165) is 0 Å². The van der Waals surface area contributed by atoms with Crippen LogP contribution in [0, 0.1) is 44.8 Å². The zero-order valence-corrected chi connectivity index (χ0v) is 12.9. The molecule has 24 heavy (non-hydrogen) atoms. The van der Waals surface area contributed by atoms with Gasteiger partial charge in [-0.25, -0.2) is 0 Å². The molecule has 120 valence electrons. The van der Waals surface area contributed by atoms with E-state index >= 15 is 0 Å². The zero-order chi connectivity index (χ0) is 17.6. The van der Waals surface area contributed by atoms with Crippen LogP contribution in [0.3, 0.4) is 0 Å². The third kappa shape index (κ3) is 1.75. The molecule has 1 aromatic rings. The molecule has 1 aliphatic carbocycles. The van der Waals surface area contributed by atoms with Crippen molar-refractivity contribution in [2.24, 2.45) is 10.8 Å². The fraction of sp³-hybridized carbons (Fsp3) is 0.412. The molecule has 0 aromatic heterocycles. The first kappa shape index (κ1) is 15.8. The van der Waals surface area contributed by atoms with E-state index in [1.807, 2.05) is 18.2 Å². The van der Waals surface area contributed by atoms with Crippen LogP contribution in [-0.4, -0.2) is 23.8 Å². The number of nitrogens with one attached hydrogen (secondary N) is 1. The highest BCUT2D eigenvalue weighted by atomic mass is 16.5. The lowest BCUT2D eigenvalue weighted by Crippen LogP contribution is -2.52. The fourth-order valence-corrected chi connectivity index (χ4v) is 3.87. The number of hydrogen-bond acceptors (Lipinski definition) is 6. The van der Waals surface area contributed by atoms with Crippen molar-refractivity contribution >= 4 is 5.91 Å². The molecular weight excluding hydrogens is 308 g/mol. The topological polar surface area (TPSA) is 130 Å². The molecule has 7 heteroatoms. The van der Waals surface area contributed by atoms with Gasteiger partial charge in [0, 0.05) is 18.8 Å². The van der Waals surface area contributed by atoms with E-state index in [1.165, 1.54) is 7.11 Å². The van der Waals surface area contributed by atoms with Crippen molar-refractivity contribution in [2.45, 2.75) is 24.5 Å². The lowest BCUT2D eigenvalue weighted by molar-refractivity contribution is -0.128. The minimum absolute atomic E-state index is 0.0182. The average Bonchev–Trinajstić information content (AvgIpc) is 2.83. The molecule has 0 radical (unpaired) electrons. The number of aliphatic hydroxyl groups is 1. The van der Waals surface area contributed by atoms with Crippen molar-refractivity contribution < 1.29 is 14.6 Å². The van der Waals surface area contributed by atoms with Gasteiger partial charge in [-0.15, -0.1) is 0 Å². The van der Waals surface area contributed by atoms with Crippen molar-refractivity contribution in [1.82, 2.24) is 5.32 Å². The summed E-state index contributed by atoms with van der Waals surface area (Å²) in [5.41, 5.74) is -4.81. The number of carbonyl (C=O) groups is 1. The molecule has 3 rings (SSSR count). The van der Waals surface area contributed by atoms with Crippen LogP contribution in [-0.2, 0) is 4.79 Å². The molecule has 1 amide bonds. The minimum atomic E-state index is -1.91. The Morgan fingerprint density at radius 2 is 1.83 bits per heavy atom. The zero-order valence-electron chi connectivity index (χ0n) is 12.9. The van der Waals surface area contributed by atoms with E-state index in [0.29, 0.717) is 11.3 Å². The monoisotopic (exact) mass is 322 g/mol. The van der Waals surface area contributed by atoms with E-state index in [4.69, 9.17) is 4.74 Å². The van der Waals surface area contributed by atoms with Gasteiger partial charge < -0.3 is 15.2 Å². The summed E-state index contributed by atoms with van der Waals surface area (Å²) in [6, 6.07) is 12.4. The van der Waals surface area contributed by atoms with Gasteiger partial charge in [0.15, 0.2) is 10.8 Å². The molecule has 1 aliphatic heterocycles. The normalized spacial score (nSPS) is 32.8. The predicted molar refractivity (Wildman–Crippen MR) is 79.8 cm³/mol. The summed E-state index contributed by atoms with van der Waals surface area (Å²) in [5, 5.41) is 42.2. The quantitative estimate of drug-likeness (QED) is 0.833. The van der Waals surface area contributed by atoms with Gasteiger partial charge in [0.25, 0.3) is 0 Å². The van der Waals surface area contributed by atoms with Gasteiger partial charge in [-0.3, -0.25) is 4.79 Å². The summed E-state index contributed by atoms with van der Waals surface area (Å²) in [5.74, 6) is -0.970. The molecule has 1 saturated carbocycles. The maximum Gasteiger partial charge on any atom is 0.245 e. The number of rotatable bonds is 2. The summed E-state index contributed by atoms with van der Waals surface area (Å²) in [7, 11) is 1.51. The molecule has 1 aromatic carbocycles. The second kappa shape index (κ2) is 4.96. The number of ether oxygens (including phenoxy) is 1. The Labute approximate surface area is 138 Å². The third-order valence-electron chi connectivity index (χ3n) is 5.09. The van der Waals surface area contributed by atoms with E-state index in [1.54, 1.807) is 24.3 Å². The Balaban J connectivity index is 2.22. The van der Waals surface area contributed by atoms with Crippen LogP contribution in [0.25, 0.3) is 0 Å². The van der Waals surface area contributed by atoms with E-state index in [2.05, 4.69) is 5.32 Å². The van der Waals surface area contributed by atoms with Crippen LogP contribution in [0.1, 0.15) is 24.3 Å². The van der Waals surface area contributed by atoms with Gasteiger partial charge in [-0.05, 0) is 17.7 Å². The Morgan fingerprint density at radius 1 is 1.21 bits per heavy atom. The Bertz CT molecular complexity index is 815. The van der Waals surface area contributed by atoms with Gasteiger partial charge in [-0.2, -0.15) is 15.8 Å². The van der Waals surface area contributed by atoms with Crippen molar-refractivity contribution in [3.05, 3.63) is 29.8 Å². The number of methoxy groups -OCH3 is 1. The largest absolute Gasteiger partial charge is 0.497 e. The van der Waals surface area contributed by atoms with E-state index in [9.17, 15) is 25.7 Å². The van der Waals surface area contributed by atoms with Gasteiger partial charge in [-0.1, -0.05) is 12.1 Å². The highest BCUT2D eigenvalue weighted by molar-refractivity contribution is 5.91. The average molecular weight is 322 g/mol. The first-order chi connectivity index (χ1) is 11.4. The second-order valence-electron chi connectivity index (χ2n) is 6.24. The van der Waals surface area contributed by atoms with Crippen molar-refractivity contribution in [2.75, 3.05) is 7.11 Å². The van der Waals surface area contributed by atoms with Crippen LogP contribution in [0.5, 0.6) is 5.75 Å². The molecule has 1 heterocycles. The molecule has 0 spiro atoms. The van der Waals surface area contributed by atoms with Gasteiger partial charge in [0.1, 0.15) is 11.5 Å². The molecule has 2 bridgehead atoms. The van der Waals surface area contributed by atoms with E-state index < -0.39 is 28.4 Å². The summed E-state index contributed by atoms with van der Waals surface area (Å²) in [6.45, 7) is 0. The number of nitriles is 3. The molecule has 1 saturated heterocycles. The van der Waals surface area contributed by atoms with Crippen molar-refractivity contribution in [3.63, 3.8) is 0 Å². The third-order valence-corrected chi connectivity index (χ3v) is 5.09. The smallest absolute Gasteiger partial charge is 0.245 e. The maximum absolute atomic E-state index is 12.4. The van der Waals surface area contributed by atoms with Crippen LogP contribution >= 0.6 is 0 Å². The molecule has 3 atom stereocenters. The van der Waals surface area contributed by atoms with Crippen LogP contribution in [0.4, 0.5) is 0 Å². The molecular formula is C17H14N4O3. The number of hydrogen-bond donors (Lipinski definition) is 2. The predicted octanol–water partition coefficient (Wildman–Crippen LogP) is 0.935. The molecule has 2 fully saturated rings. The Kier molecular flexibility index (Phi) is 3.27. The first-order valence-electron chi connectivity index (χ1n) is 7.33. The summed E-state index contributed by atoms with van der Waals surface area (Å²) in [6.07, 6.45) is -0.293. The van der Waals surface area contributed by atoms with Crippen molar-refractivity contribution in [1.29, 1.82) is 15.8 Å². The summed E-state index contributed by atoms with van der Waals surface area (Å²) in [4.78, 5) is 12.4. The molecule has 7 nitrogen and oxygen atoms in total. The van der Waals surface area contributed by atoms with Crippen LogP contribution < -0.4 is 10.1 Å². The van der Waals surface area contributed by atoms with E-state index in [-0.39, 0.29) is 12.8 Å². The highest BCUT2D eigenvalue weighted by Crippen LogP contribution is 2.62. The van der Waals surface area contributed by atoms with Crippen LogP contribution in [0.15, 0.2) is 24.3 Å². The van der Waals surface area contributed by atoms with Crippen LogP contribution in [0.2, 0.25) is 0 Å². The number of amides is 1. The molecule has 0 unspecified atom stereocenters. The maximum atomic E-state index is 12.4. The Morgan fingerprint density at radius 3 is 2.33 bits per heavy atom. The van der Waals surface area contributed by atoms with Crippen molar-refractivity contribution in [3.8, 4) is 24.0 Å². The standard InChI is InChI=1S/C17H14N4O3/c1-24-12-4-2-11(3-5-12)13-6-17(23)7-15(8-18,14(22)21-17)16(13,9-19)10-20/h2-5,13,23H,6-7H2,1H3,(H,21,22)/t13-,15+,17-/m1/s1. The van der Waals surface area contributed by atoms with Gasteiger partial charge >= 0.3 is 0 Å². The number of fused-ring (bicyclic) bond motifs is 2. The Hall–Kier alpha value is -3.08. The second-order valence-corrected chi connectivity index (χ2v) is 6.24. The van der Waals surface area contributed by atoms with Gasteiger partial charge in [0.2, 0.25) is 5.91 Å². The molecule has 2 aliphatic rings. The van der Waals surface area contributed by atoms with Gasteiger partial charge in [0.05, 0.1) is 25.3 Å². The fourth-order valence-electron chi connectivity index (χ4n) is 3.87. The minimum Gasteiger partial charge on any atom is -0.497 e.